The first-order valence-corrected chi connectivity index (χ1v) is 14.1. The van der Waals surface area contributed by atoms with Crippen LogP contribution in [0, 0.1) is 0 Å². The highest BCUT2D eigenvalue weighted by molar-refractivity contribution is 5.82. The summed E-state index contributed by atoms with van der Waals surface area (Å²) in [6, 6.07) is 41.2. The van der Waals surface area contributed by atoms with Gasteiger partial charge in [0.05, 0.1) is 11.1 Å². The molecule has 0 fully saturated rings. The second-order valence-electron chi connectivity index (χ2n) is 10.2. The quantitative estimate of drug-likeness (QED) is 0.193. The second-order valence-corrected chi connectivity index (χ2v) is 10.2. The van der Waals surface area contributed by atoms with Gasteiger partial charge in [0.1, 0.15) is 23.7 Å². The van der Waals surface area contributed by atoms with Gasteiger partial charge in [0, 0.05) is 22.6 Å². The molecule has 0 bridgehead atoms. The molecular weight excluding hydrogens is 550 g/mol. The van der Waals surface area contributed by atoms with E-state index in [2.05, 4.69) is 0 Å². The number of phenols is 1. The number of hydrogen-bond acceptors (Lipinski definition) is 7. The Bertz CT molecular complexity index is 2090. The van der Waals surface area contributed by atoms with E-state index in [9.17, 15) is 9.90 Å². The molecule has 7 aromatic rings. The first-order valence-electron chi connectivity index (χ1n) is 14.1. The molecule has 0 aliphatic heterocycles. The van der Waals surface area contributed by atoms with E-state index in [4.69, 9.17) is 24.1 Å². The molecule has 7 heteroatoms. The molecule has 1 N–H and O–H groups in total. The predicted molar refractivity (Wildman–Crippen MR) is 170 cm³/mol. The molecule has 5 aromatic carbocycles. The van der Waals surface area contributed by atoms with Crippen LogP contribution in [0.15, 0.2) is 143 Å². The zero-order valence-corrected chi connectivity index (χ0v) is 23.4. The van der Waals surface area contributed by atoms with Crippen LogP contribution < -0.4 is 10.4 Å². The van der Waals surface area contributed by atoms with Crippen LogP contribution in [0.2, 0.25) is 0 Å². The molecule has 2 heterocycles. The van der Waals surface area contributed by atoms with Gasteiger partial charge in [-0.3, -0.25) is 0 Å². The van der Waals surface area contributed by atoms with Crippen molar-refractivity contribution in [1.29, 1.82) is 0 Å². The summed E-state index contributed by atoms with van der Waals surface area (Å²) >= 11 is 0. The molecule has 0 amide bonds. The van der Waals surface area contributed by atoms with Gasteiger partial charge in [-0.1, -0.05) is 97.1 Å². The number of ether oxygens (including phenoxy) is 1. The number of benzene rings is 5. The van der Waals surface area contributed by atoms with Crippen molar-refractivity contribution in [3.05, 3.63) is 149 Å². The van der Waals surface area contributed by atoms with Crippen LogP contribution in [0.4, 0.5) is 0 Å². The fraction of sp³-hybridized carbons (Fsp3) is 0.0270. The minimum Gasteiger partial charge on any atom is -0.507 e. The highest BCUT2D eigenvalue weighted by atomic mass is 16.5. The van der Waals surface area contributed by atoms with Crippen molar-refractivity contribution in [1.82, 2.24) is 15.0 Å². The smallest absolute Gasteiger partial charge is 0.344 e. The monoisotopic (exact) mass is 575 g/mol. The normalized spacial score (nSPS) is 11.0. The zero-order chi connectivity index (χ0) is 29.9. The lowest BCUT2D eigenvalue weighted by molar-refractivity contribution is 0.304. The van der Waals surface area contributed by atoms with Crippen LogP contribution >= 0.6 is 0 Å². The summed E-state index contributed by atoms with van der Waals surface area (Å²) in [7, 11) is 0. The summed E-state index contributed by atoms with van der Waals surface area (Å²) in [5, 5.41) is 11.8. The summed E-state index contributed by atoms with van der Waals surface area (Å²) in [4.78, 5) is 26.6. The van der Waals surface area contributed by atoms with Gasteiger partial charge in [-0.2, -0.15) is 0 Å². The van der Waals surface area contributed by atoms with E-state index >= 15 is 0 Å². The standard InChI is InChI=1S/C37H25N3O4/c41-32-22-29(43-23-24-16-19-33-28(20-24)21-31(37(42)44-33)25-10-4-1-5-11-25)17-18-30(32)36-39-34(26-12-6-2-7-13-26)38-35(40-36)27-14-8-3-9-15-27/h1-22,41H,23H2. The summed E-state index contributed by atoms with van der Waals surface area (Å²) in [5.74, 6) is 1.84. The first kappa shape index (κ1) is 26.8. The van der Waals surface area contributed by atoms with Crippen molar-refractivity contribution in [2.24, 2.45) is 0 Å². The van der Waals surface area contributed by atoms with Crippen LogP contribution in [-0.4, -0.2) is 20.1 Å². The molecule has 44 heavy (non-hydrogen) atoms. The number of hydrogen-bond donors (Lipinski definition) is 1. The molecule has 0 aliphatic rings. The van der Waals surface area contributed by atoms with Crippen LogP contribution in [0.5, 0.6) is 11.5 Å². The number of rotatable bonds is 7. The molecule has 0 unspecified atom stereocenters. The van der Waals surface area contributed by atoms with E-state index in [0.29, 0.717) is 39.9 Å². The van der Waals surface area contributed by atoms with Gasteiger partial charge < -0.3 is 14.3 Å². The average molecular weight is 576 g/mol. The van der Waals surface area contributed by atoms with Crippen molar-refractivity contribution in [2.75, 3.05) is 0 Å². The lowest BCUT2D eigenvalue weighted by atomic mass is 10.1. The third-order valence-corrected chi connectivity index (χ3v) is 7.20. The van der Waals surface area contributed by atoms with Gasteiger partial charge in [0.25, 0.3) is 0 Å². The molecule has 212 valence electrons. The Kier molecular flexibility index (Phi) is 7.10. The average Bonchev–Trinajstić information content (AvgIpc) is 3.08. The van der Waals surface area contributed by atoms with Crippen molar-refractivity contribution in [2.45, 2.75) is 6.61 Å². The topological polar surface area (TPSA) is 98.3 Å². The predicted octanol–water partition coefficient (Wildman–Crippen LogP) is 7.93. The molecule has 7 rings (SSSR count). The maximum atomic E-state index is 12.5. The molecule has 0 radical (unpaired) electrons. The molecule has 0 atom stereocenters. The minimum atomic E-state index is -0.381. The Morgan fingerprint density at radius 3 is 1.80 bits per heavy atom. The Balaban J connectivity index is 1.16. The van der Waals surface area contributed by atoms with E-state index in [-0.39, 0.29) is 18.0 Å². The minimum absolute atomic E-state index is 0.0143. The molecule has 2 aromatic heterocycles. The fourth-order valence-electron chi connectivity index (χ4n) is 4.97. The van der Waals surface area contributed by atoms with Gasteiger partial charge in [-0.15, -0.1) is 0 Å². The summed E-state index contributed by atoms with van der Waals surface area (Å²) in [6.07, 6.45) is 0. The van der Waals surface area contributed by atoms with Crippen molar-refractivity contribution in [3.63, 3.8) is 0 Å². The van der Waals surface area contributed by atoms with Crippen LogP contribution in [-0.2, 0) is 6.61 Å². The largest absolute Gasteiger partial charge is 0.507 e. The van der Waals surface area contributed by atoms with Crippen molar-refractivity contribution in [3.8, 4) is 56.8 Å². The highest BCUT2D eigenvalue weighted by Gasteiger charge is 2.15. The second kappa shape index (κ2) is 11.7. The maximum Gasteiger partial charge on any atom is 0.344 e. The summed E-state index contributed by atoms with van der Waals surface area (Å²) in [5.41, 5.74) is 4.45. The van der Waals surface area contributed by atoms with Crippen LogP contribution in [0.1, 0.15) is 5.56 Å². The molecule has 7 nitrogen and oxygen atoms in total. The Hall–Kier alpha value is -6.08. The Morgan fingerprint density at radius 2 is 1.18 bits per heavy atom. The van der Waals surface area contributed by atoms with E-state index in [0.717, 1.165) is 27.6 Å². The molecule has 0 saturated carbocycles. The van der Waals surface area contributed by atoms with Crippen LogP contribution in [0.3, 0.4) is 0 Å². The van der Waals surface area contributed by atoms with E-state index in [1.807, 2.05) is 109 Å². The lowest BCUT2D eigenvalue weighted by Gasteiger charge is -2.11. The lowest BCUT2D eigenvalue weighted by Crippen LogP contribution is -2.03. The van der Waals surface area contributed by atoms with Crippen LogP contribution in [0.25, 0.3) is 56.3 Å². The molecule has 0 spiro atoms. The third kappa shape index (κ3) is 5.54. The van der Waals surface area contributed by atoms with Crippen molar-refractivity contribution < 1.29 is 14.3 Å². The molecular formula is C37H25N3O4. The molecule has 0 aliphatic carbocycles. The van der Waals surface area contributed by atoms with E-state index < -0.39 is 0 Å². The SMILES string of the molecule is O=c1oc2ccc(COc3ccc(-c4nc(-c5ccccc5)nc(-c5ccccc5)n4)c(O)c3)cc2cc1-c1ccccc1. The zero-order valence-electron chi connectivity index (χ0n) is 23.4. The highest BCUT2D eigenvalue weighted by Crippen LogP contribution is 2.33. The third-order valence-electron chi connectivity index (χ3n) is 7.20. The van der Waals surface area contributed by atoms with E-state index in [1.165, 1.54) is 0 Å². The summed E-state index contributed by atoms with van der Waals surface area (Å²) < 4.78 is 11.6. The van der Waals surface area contributed by atoms with Gasteiger partial charge in [0.15, 0.2) is 17.5 Å². The van der Waals surface area contributed by atoms with Gasteiger partial charge in [-0.25, -0.2) is 19.7 Å². The number of aromatic hydroxyl groups is 1. The van der Waals surface area contributed by atoms with Gasteiger partial charge in [0.2, 0.25) is 0 Å². The number of aromatic nitrogens is 3. The van der Waals surface area contributed by atoms with Crippen molar-refractivity contribution >= 4 is 11.0 Å². The number of nitrogens with zero attached hydrogens (tertiary/aromatic N) is 3. The Morgan fingerprint density at radius 1 is 0.591 bits per heavy atom. The van der Waals surface area contributed by atoms with E-state index in [1.54, 1.807) is 24.3 Å². The number of phenolic OH excluding ortho intramolecular Hbond substituents is 1. The Labute approximate surface area is 252 Å². The summed E-state index contributed by atoms with van der Waals surface area (Å²) in [6.45, 7) is 0.247. The molecule has 0 saturated heterocycles. The fourth-order valence-corrected chi connectivity index (χ4v) is 4.97. The van der Waals surface area contributed by atoms with Gasteiger partial charge >= 0.3 is 5.63 Å². The first-order chi connectivity index (χ1) is 21.6. The maximum absolute atomic E-state index is 12.5. The van der Waals surface area contributed by atoms with Gasteiger partial charge in [-0.05, 0) is 41.5 Å². The number of fused-ring (bicyclic) bond motifs is 1.